The first kappa shape index (κ1) is 22.3. The predicted octanol–water partition coefficient (Wildman–Crippen LogP) is 4.76. The number of benzene rings is 1. The molecule has 7 nitrogen and oxygen atoms in total. The van der Waals surface area contributed by atoms with Crippen LogP contribution in [0, 0.1) is 0 Å². The summed E-state index contributed by atoms with van der Waals surface area (Å²) in [5.41, 5.74) is 2.20. The number of piperidine rings is 1. The van der Waals surface area contributed by atoms with Gasteiger partial charge in [-0.3, -0.25) is 0 Å². The second-order valence-electron chi connectivity index (χ2n) is 9.06. The number of hydrogen-bond acceptors (Lipinski definition) is 8. The van der Waals surface area contributed by atoms with E-state index in [1.54, 1.807) is 23.7 Å². The van der Waals surface area contributed by atoms with Gasteiger partial charge in [-0.25, -0.2) is 15.0 Å². The van der Waals surface area contributed by atoms with Gasteiger partial charge in [-0.1, -0.05) is 12.1 Å². The fraction of sp³-hybridized carbons (Fsp3) is 0.480. The Morgan fingerprint density at radius 1 is 1.03 bits per heavy atom. The lowest BCUT2D eigenvalue weighted by atomic mass is 9.98. The van der Waals surface area contributed by atoms with Gasteiger partial charge in [-0.2, -0.15) is 0 Å². The largest absolute Gasteiger partial charge is 0.487 e. The zero-order valence-corrected chi connectivity index (χ0v) is 20.0. The molecule has 3 aromatic rings. The normalized spacial score (nSPS) is 19.5. The summed E-state index contributed by atoms with van der Waals surface area (Å²) in [5, 5.41) is 3.33. The second-order valence-corrected chi connectivity index (χ2v) is 9.95. The van der Waals surface area contributed by atoms with Crippen LogP contribution in [-0.2, 0) is 16.1 Å². The highest BCUT2D eigenvalue weighted by atomic mass is 32.1. The average Bonchev–Trinajstić information content (AvgIpc) is 3.33. The van der Waals surface area contributed by atoms with Gasteiger partial charge in [0.05, 0.1) is 23.9 Å². The van der Waals surface area contributed by atoms with Gasteiger partial charge in [0.2, 0.25) is 5.95 Å². The maximum absolute atomic E-state index is 6.00. The van der Waals surface area contributed by atoms with Crippen molar-refractivity contribution in [1.82, 2.24) is 15.0 Å². The Balaban J connectivity index is 1.11. The molecule has 174 valence electrons. The molecule has 0 radical (unpaired) electrons. The molecule has 0 N–H and O–H groups in total. The van der Waals surface area contributed by atoms with Crippen molar-refractivity contribution in [3.8, 4) is 5.75 Å². The molecule has 2 saturated heterocycles. The van der Waals surface area contributed by atoms with Crippen molar-refractivity contribution >= 4 is 17.3 Å². The molecule has 0 unspecified atom stereocenters. The maximum Gasteiger partial charge on any atom is 0.225 e. The van der Waals surface area contributed by atoms with Crippen LogP contribution in [0.3, 0.4) is 0 Å². The number of nitrogens with zero attached hydrogens (tertiary/aromatic N) is 4. The van der Waals surface area contributed by atoms with Crippen LogP contribution in [0.5, 0.6) is 5.75 Å². The number of hydrogen-bond donors (Lipinski definition) is 0. The maximum atomic E-state index is 6.00. The van der Waals surface area contributed by atoms with E-state index in [1.807, 2.05) is 32.0 Å². The van der Waals surface area contributed by atoms with Crippen LogP contribution in [0.4, 0.5) is 5.95 Å². The van der Waals surface area contributed by atoms with Crippen molar-refractivity contribution < 1.29 is 14.2 Å². The van der Waals surface area contributed by atoms with E-state index < -0.39 is 5.79 Å². The summed E-state index contributed by atoms with van der Waals surface area (Å²) in [6, 6.07) is 10.1. The van der Waals surface area contributed by atoms with E-state index in [1.165, 1.54) is 10.6 Å². The Hall–Kier alpha value is -2.55. The predicted molar refractivity (Wildman–Crippen MR) is 128 cm³/mol. The Morgan fingerprint density at radius 3 is 2.42 bits per heavy atom. The molecule has 0 atom stereocenters. The highest BCUT2D eigenvalue weighted by Crippen LogP contribution is 2.32. The highest BCUT2D eigenvalue weighted by molar-refractivity contribution is 7.09. The Morgan fingerprint density at radius 2 is 1.73 bits per heavy atom. The van der Waals surface area contributed by atoms with Crippen LogP contribution >= 0.6 is 11.3 Å². The lowest BCUT2D eigenvalue weighted by Crippen LogP contribution is -2.38. The Bertz CT molecular complexity index is 1020. The fourth-order valence-corrected chi connectivity index (χ4v) is 5.21. The standard InChI is InChI=1S/C25H30N4O3S/c1-25(2)31-14-20(15-32-25)18-4-6-22(7-5-18)30-16-21-17-33-23(28-21)19-8-12-29(13-9-19)24-26-10-3-11-27-24/h3-7,10-11,17,19-20H,8-9,12-16H2,1-2H3. The quantitative estimate of drug-likeness (QED) is 0.519. The first-order valence-corrected chi connectivity index (χ1v) is 12.4. The van der Waals surface area contributed by atoms with Crippen molar-refractivity contribution in [2.75, 3.05) is 31.2 Å². The van der Waals surface area contributed by atoms with Gasteiger partial charge < -0.3 is 19.1 Å². The minimum atomic E-state index is -0.487. The fourth-order valence-electron chi connectivity index (χ4n) is 4.24. The molecule has 2 aliphatic heterocycles. The molecular formula is C25H30N4O3S. The molecule has 33 heavy (non-hydrogen) atoms. The first-order valence-electron chi connectivity index (χ1n) is 11.5. The van der Waals surface area contributed by atoms with Crippen LogP contribution in [0.25, 0.3) is 0 Å². The lowest BCUT2D eigenvalue weighted by molar-refractivity contribution is -0.251. The van der Waals surface area contributed by atoms with E-state index >= 15 is 0 Å². The molecule has 2 aromatic heterocycles. The summed E-state index contributed by atoms with van der Waals surface area (Å²) in [6.07, 6.45) is 5.74. The van der Waals surface area contributed by atoms with Gasteiger partial charge in [0.1, 0.15) is 12.4 Å². The Kier molecular flexibility index (Phi) is 6.57. The molecule has 1 aromatic carbocycles. The third kappa shape index (κ3) is 5.51. The van der Waals surface area contributed by atoms with Crippen LogP contribution in [0.1, 0.15) is 54.8 Å². The summed E-state index contributed by atoms with van der Waals surface area (Å²) in [5.74, 6) is 1.94. The van der Waals surface area contributed by atoms with Gasteiger partial charge in [-0.15, -0.1) is 11.3 Å². The van der Waals surface area contributed by atoms with Gasteiger partial charge in [0.25, 0.3) is 0 Å². The van der Waals surface area contributed by atoms with Crippen molar-refractivity contribution in [3.63, 3.8) is 0 Å². The zero-order valence-electron chi connectivity index (χ0n) is 19.1. The van der Waals surface area contributed by atoms with Crippen LogP contribution in [-0.4, -0.2) is 47.0 Å². The Labute approximate surface area is 198 Å². The molecule has 0 spiro atoms. The van der Waals surface area contributed by atoms with Crippen molar-refractivity contribution in [3.05, 3.63) is 64.4 Å². The number of anilines is 1. The van der Waals surface area contributed by atoms with Gasteiger partial charge in [-0.05, 0) is 50.5 Å². The number of rotatable bonds is 6. The molecule has 0 saturated carbocycles. The molecule has 0 aliphatic carbocycles. The minimum Gasteiger partial charge on any atom is -0.487 e. The molecule has 2 aliphatic rings. The minimum absolute atomic E-state index is 0.257. The molecule has 4 heterocycles. The summed E-state index contributed by atoms with van der Waals surface area (Å²) in [6.45, 7) is 7.65. The number of ether oxygens (including phenoxy) is 3. The van der Waals surface area contributed by atoms with E-state index in [0.29, 0.717) is 25.7 Å². The van der Waals surface area contributed by atoms with E-state index in [9.17, 15) is 0 Å². The van der Waals surface area contributed by atoms with E-state index in [0.717, 1.165) is 43.3 Å². The summed E-state index contributed by atoms with van der Waals surface area (Å²) >= 11 is 1.74. The number of thiazole rings is 1. The molecule has 2 fully saturated rings. The van der Waals surface area contributed by atoms with Gasteiger partial charge >= 0.3 is 0 Å². The number of aromatic nitrogens is 3. The van der Waals surface area contributed by atoms with Crippen molar-refractivity contribution in [2.45, 2.75) is 50.9 Å². The van der Waals surface area contributed by atoms with Crippen molar-refractivity contribution in [1.29, 1.82) is 0 Å². The molecule has 8 heteroatoms. The second kappa shape index (κ2) is 9.75. The SMILES string of the molecule is CC1(C)OCC(c2ccc(OCc3csc(C4CCN(c5ncccn5)CC4)n3)cc2)CO1. The van der Waals surface area contributed by atoms with Crippen LogP contribution in [0.15, 0.2) is 48.1 Å². The smallest absolute Gasteiger partial charge is 0.225 e. The third-order valence-corrected chi connectivity index (χ3v) is 7.31. The summed E-state index contributed by atoms with van der Waals surface area (Å²) < 4.78 is 17.6. The van der Waals surface area contributed by atoms with E-state index in [-0.39, 0.29) is 5.92 Å². The molecular weight excluding hydrogens is 436 g/mol. The summed E-state index contributed by atoms with van der Waals surface area (Å²) in [7, 11) is 0. The summed E-state index contributed by atoms with van der Waals surface area (Å²) in [4.78, 5) is 15.9. The molecule has 5 rings (SSSR count). The molecule has 0 amide bonds. The topological polar surface area (TPSA) is 69.6 Å². The molecule has 0 bridgehead atoms. The zero-order chi connectivity index (χ0) is 22.7. The average molecular weight is 467 g/mol. The monoisotopic (exact) mass is 466 g/mol. The lowest BCUT2D eigenvalue weighted by Gasteiger charge is -2.35. The van der Waals surface area contributed by atoms with E-state index in [4.69, 9.17) is 19.2 Å². The van der Waals surface area contributed by atoms with Crippen molar-refractivity contribution in [2.24, 2.45) is 0 Å². The first-order chi connectivity index (χ1) is 16.1. The van der Waals surface area contributed by atoms with Crippen LogP contribution in [0.2, 0.25) is 0 Å². The van der Waals surface area contributed by atoms with Crippen LogP contribution < -0.4 is 9.64 Å². The highest BCUT2D eigenvalue weighted by Gasteiger charge is 2.29. The van der Waals surface area contributed by atoms with Gasteiger partial charge in [0, 0.05) is 42.7 Å². The third-order valence-electron chi connectivity index (χ3n) is 6.25. The van der Waals surface area contributed by atoms with Gasteiger partial charge in [0.15, 0.2) is 5.79 Å². The van der Waals surface area contributed by atoms with E-state index in [2.05, 4.69) is 32.4 Å².